The number of unbranched alkanes of at least 4 members (excludes halogenated alkanes) is 23. The minimum absolute atomic E-state index is 0.0161. The van der Waals surface area contributed by atoms with Crippen molar-refractivity contribution in [3.8, 4) is 0 Å². The maximum Gasteiger partial charge on any atom is 0.335 e. The Morgan fingerprint density at radius 3 is 1.17 bits per heavy atom. The van der Waals surface area contributed by atoms with Crippen LogP contribution in [-0.4, -0.2) is 89.2 Å². The van der Waals surface area contributed by atoms with Crippen LogP contribution in [0.25, 0.3) is 0 Å². The van der Waals surface area contributed by atoms with E-state index in [2.05, 4.69) is 130 Å². The zero-order valence-electron chi connectivity index (χ0n) is 52.2. The van der Waals surface area contributed by atoms with Gasteiger partial charge in [-0.05, 0) is 103 Å². The highest BCUT2D eigenvalue weighted by atomic mass is 16.7. The number of carbonyl (C=O) groups is 4. The maximum atomic E-state index is 13.2. The van der Waals surface area contributed by atoms with Gasteiger partial charge in [-0.2, -0.15) is 0 Å². The molecule has 0 aromatic rings. The Hall–Kier alpha value is -4.62. The molecule has 12 nitrogen and oxygen atoms in total. The van der Waals surface area contributed by atoms with Crippen molar-refractivity contribution in [3.63, 3.8) is 0 Å². The van der Waals surface area contributed by atoms with Crippen molar-refractivity contribution in [3.05, 3.63) is 109 Å². The molecule has 0 aromatic heterocycles. The third kappa shape index (κ3) is 47.3. The summed E-state index contributed by atoms with van der Waals surface area (Å²) >= 11 is 0. The quantitative estimate of drug-likeness (QED) is 0.0228. The highest BCUT2D eigenvalue weighted by Crippen LogP contribution is 2.26. The summed E-state index contributed by atoms with van der Waals surface area (Å²) in [5, 5.41) is 31.6. The number of hydrogen-bond donors (Lipinski definition) is 3. The maximum absolute atomic E-state index is 13.2. The van der Waals surface area contributed by atoms with Gasteiger partial charge in [0.1, 0.15) is 18.8 Å². The zero-order valence-corrected chi connectivity index (χ0v) is 52.2. The molecule has 0 aliphatic carbocycles. The zero-order chi connectivity index (χ0) is 60.3. The van der Waals surface area contributed by atoms with Gasteiger partial charge in [-0.3, -0.25) is 14.4 Å². The predicted molar refractivity (Wildman–Crippen MR) is 340 cm³/mol. The van der Waals surface area contributed by atoms with Gasteiger partial charge < -0.3 is 39.0 Å². The lowest BCUT2D eigenvalue weighted by molar-refractivity contribution is -0.301. The molecule has 1 fully saturated rings. The van der Waals surface area contributed by atoms with E-state index < -0.39 is 67.3 Å². The fourth-order valence-corrected chi connectivity index (χ4v) is 9.39. The van der Waals surface area contributed by atoms with Gasteiger partial charge in [0.05, 0.1) is 6.61 Å². The summed E-state index contributed by atoms with van der Waals surface area (Å²) in [7, 11) is 0. The Morgan fingerprint density at radius 1 is 0.410 bits per heavy atom. The molecule has 6 atom stereocenters. The first-order chi connectivity index (χ1) is 40.6. The number of aliphatic hydroxyl groups excluding tert-OH is 2. The van der Waals surface area contributed by atoms with Gasteiger partial charge >= 0.3 is 23.9 Å². The molecular weight excluding hydrogens is 1040 g/mol. The number of carboxylic acids is 1. The third-order valence-electron chi connectivity index (χ3n) is 14.3. The average Bonchev–Trinajstić information content (AvgIpc) is 3.60. The van der Waals surface area contributed by atoms with Crippen LogP contribution in [0.15, 0.2) is 109 Å². The summed E-state index contributed by atoms with van der Waals surface area (Å²) in [6.45, 7) is 5.77. The summed E-state index contributed by atoms with van der Waals surface area (Å²) in [4.78, 5) is 51.4. The molecule has 0 aromatic carbocycles. The molecular formula is C71H116O12. The summed E-state index contributed by atoms with van der Waals surface area (Å²) in [6.07, 6.45) is 66.1. The second-order valence-corrected chi connectivity index (χ2v) is 22.0. The standard InChI is InChI=1S/C71H116O12/c1-4-7-10-13-16-19-22-25-28-30-32-34-37-39-42-45-48-51-54-57-63(72)79-60-62(81-64(73)58-55-52-49-46-43-40-36-27-24-21-18-15-12-9-6-3)61-80-71-69(67(76)66(75)68(83-71)70(77)78)82-65(74)59-56-53-50-47-44-41-38-35-33-31-29-26-23-20-17-14-11-8-5-2/h7-8,10-11,16-17,19-20,25-26,28-29,32-35,41,44,62,66-69,71,75-76H,4-6,9,12-15,18,21-24,27,30-31,36-40,42-43,45-61H2,1-3H3,(H,77,78)/b10-7-,11-8-,19-16-,20-17-,28-25-,29-26-,34-32-,35-33-,44-41-. The van der Waals surface area contributed by atoms with E-state index in [9.17, 15) is 34.5 Å². The van der Waals surface area contributed by atoms with Gasteiger partial charge in [0.15, 0.2) is 24.6 Å². The monoisotopic (exact) mass is 1160 g/mol. The lowest BCUT2D eigenvalue weighted by Gasteiger charge is -2.40. The van der Waals surface area contributed by atoms with E-state index in [1.807, 2.05) is 0 Å². The fourth-order valence-electron chi connectivity index (χ4n) is 9.39. The first-order valence-electron chi connectivity index (χ1n) is 32.9. The van der Waals surface area contributed by atoms with Crippen LogP contribution >= 0.6 is 0 Å². The minimum atomic E-state index is -1.92. The van der Waals surface area contributed by atoms with Crippen LogP contribution in [0.2, 0.25) is 0 Å². The molecule has 12 heteroatoms. The highest BCUT2D eigenvalue weighted by Gasteiger charge is 2.50. The van der Waals surface area contributed by atoms with E-state index in [0.29, 0.717) is 19.3 Å². The summed E-state index contributed by atoms with van der Waals surface area (Å²) in [6, 6.07) is 0. The molecule has 83 heavy (non-hydrogen) atoms. The molecule has 0 radical (unpaired) electrons. The molecule has 0 spiro atoms. The number of esters is 3. The van der Waals surface area contributed by atoms with Crippen molar-refractivity contribution in [2.75, 3.05) is 13.2 Å². The van der Waals surface area contributed by atoms with Crippen LogP contribution in [0, 0.1) is 0 Å². The molecule has 1 saturated heterocycles. The SMILES string of the molecule is CC/C=C\C/C=C\C/C=C\C/C=C\C/C=C\CCCCCC(=O)OC1C(OCC(COC(=O)CCCCCCCC/C=C\C/C=C\C/C=C\C/C=C\CC)OC(=O)CCCCCCCCCCCCCCCCC)OC(C(=O)O)C(O)C1O. The number of ether oxygens (including phenoxy) is 5. The summed E-state index contributed by atoms with van der Waals surface area (Å²) in [5.74, 6) is -3.18. The Bertz CT molecular complexity index is 1860. The number of carbonyl (C=O) groups excluding carboxylic acids is 3. The van der Waals surface area contributed by atoms with E-state index in [1.54, 1.807) is 0 Å². The average molecular weight is 1160 g/mol. The molecule has 1 aliphatic rings. The lowest BCUT2D eigenvalue weighted by atomic mass is 9.98. The highest BCUT2D eigenvalue weighted by molar-refractivity contribution is 5.74. The Labute approximate surface area is 504 Å². The molecule has 3 N–H and O–H groups in total. The first kappa shape index (κ1) is 76.4. The van der Waals surface area contributed by atoms with Crippen LogP contribution < -0.4 is 0 Å². The fraction of sp³-hybridized carbons (Fsp3) is 0.690. The molecule has 1 aliphatic heterocycles. The second-order valence-electron chi connectivity index (χ2n) is 22.0. The van der Waals surface area contributed by atoms with E-state index in [0.717, 1.165) is 135 Å². The van der Waals surface area contributed by atoms with Gasteiger partial charge in [0.2, 0.25) is 0 Å². The van der Waals surface area contributed by atoms with Crippen molar-refractivity contribution in [2.24, 2.45) is 0 Å². The van der Waals surface area contributed by atoms with E-state index >= 15 is 0 Å². The number of allylic oxidation sites excluding steroid dienone is 18. The van der Waals surface area contributed by atoms with Crippen molar-refractivity contribution in [1.29, 1.82) is 0 Å². The van der Waals surface area contributed by atoms with E-state index in [1.165, 1.54) is 70.6 Å². The number of aliphatic carboxylic acids is 1. The van der Waals surface area contributed by atoms with Crippen molar-refractivity contribution >= 4 is 23.9 Å². The third-order valence-corrected chi connectivity index (χ3v) is 14.3. The number of rotatable bonds is 55. The Morgan fingerprint density at radius 2 is 0.759 bits per heavy atom. The molecule has 1 heterocycles. The largest absolute Gasteiger partial charge is 0.479 e. The van der Waals surface area contributed by atoms with E-state index in [4.69, 9.17) is 23.7 Å². The van der Waals surface area contributed by atoms with Crippen molar-refractivity contribution in [1.82, 2.24) is 0 Å². The number of hydrogen-bond acceptors (Lipinski definition) is 11. The van der Waals surface area contributed by atoms with Crippen LogP contribution in [-0.2, 0) is 42.9 Å². The topological polar surface area (TPSA) is 175 Å². The van der Waals surface area contributed by atoms with Crippen molar-refractivity contribution < 1.29 is 58.2 Å². The van der Waals surface area contributed by atoms with Gasteiger partial charge in [-0.25, -0.2) is 4.79 Å². The lowest BCUT2D eigenvalue weighted by Crippen LogP contribution is -2.61. The Balaban J connectivity index is 2.69. The molecule has 0 amide bonds. The second kappa shape index (κ2) is 57.8. The van der Waals surface area contributed by atoms with Gasteiger partial charge in [-0.1, -0.05) is 252 Å². The van der Waals surface area contributed by atoms with Crippen molar-refractivity contribution in [2.45, 2.75) is 302 Å². The molecule has 0 saturated carbocycles. The minimum Gasteiger partial charge on any atom is -0.479 e. The van der Waals surface area contributed by atoms with Gasteiger partial charge in [-0.15, -0.1) is 0 Å². The first-order valence-corrected chi connectivity index (χ1v) is 32.9. The van der Waals surface area contributed by atoms with Gasteiger partial charge in [0, 0.05) is 19.3 Å². The number of carboxylic acid groups (broad SMARTS) is 1. The molecule has 6 unspecified atom stereocenters. The van der Waals surface area contributed by atoms with E-state index in [-0.39, 0.29) is 25.9 Å². The number of aliphatic hydroxyl groups is 2. The normalized spacial score (nSPS) is 18.3. The Kier molecular flexibility index (Phi) is 53.2. The van der Waals surface area contributed by atoms with Crippen LogP contribution in [0.3, 0.4) is 0 Å². The van der Waals surface area contributed by atoms with Crippen LogP contribution in [0.4, 0.5) is 0 Å². The van der Waals surface area contributed by atoms with Crippen LogP contribution in [0.5, 0.6) is 0 Å². The molecule has 1 rings (SSSR count). The summed E-state index contributed by atoms with van der Waals surface area (Å²) < 4.78 is 28.5. The summed E-state index contributed by atoms with van der Waals surface area (Å²) in [5.41, 5.74) is 0. The van der Waals surface area contributed by atoms with Crippen LogP contribution in [0.1, 0.15) is 265 Å². The molecule has 472 valence electrons. The molecule has 0 bridgehead atoms. The predicted octanol–water partition coefficient (Wildman–Crippen LogP) is 17.8. The smallest absolute Gasteiger partial charge is 0.335 e. The van der Waals surface area contributed by atoms with Gasteiger partial charge in [0.25, 0.3) is 0 Å².